The van der Waals surface area contributed by atoms with E-state index in [9.17, 15) is 4.79 Å². The molecule has 0 radical (unpaired) electrons. The first-order valence-electron chi connectivity index (χ1n) is 8.69. The molecule has 1 amide bonds. The Morgan fingerprint density at radius 1 is 1.32 bits per heavy atom. The Morgan fingerprint density at radius 3 is 2.89 bits per heavy atom. The second kappa shape index (κ2) is 6.85. The molecule has 4 aromatic heterocycles. The summed E-state index contributed by atoms with van der Waals surface area (Å²) in [5.74, 6) is 0.197. The number of carbonyl (C=O) groups excluding carboxylic acids is 1. The van der Waals surface area contributed by atoms with Gasteiger partial charge in [-0.25, -0.2) is 9.97 Å². The van der Waals surface area contributed by atoms with Crippen LogP contribution in [0.3, 0.4) is 0 Å². The zero-order valence-corrected chi connectivity index (χ0v) is 15.4. The third kappa shape index (κ3) is 3.01. The summed E-state index contributed by atoms with van der Waals surface area (Å²) in [6, 6.07) is 3.47. The van der Waals surface area contributed by atoms with E-state index in [1.54, 1.807) is 28.7 Å². The lowest BCUT2D eigenvalue weighted by Crippen LogP contribution is -2.13. The number of carbonyl (C=O) groups is 1. The fraction of sp³-hybridized carbons (Fsp3) is 0.294. The number of aliphatic hydroxyl groups is 1. The number of amides is 1. The van der Waals surface area contributed by atoms with Gasteiger partial charge in [-0.1, -0.05) is 0 Å². The molecule has 0 spiro atoms. The molecule has 0 aliphatic carbocycles. The van der Waals surface area contributed by atoms with Crippen molar-refractivity contribution >= 4 is 16.8 Å². The van der Waals surface area contributed by atoms with Gasteiger partial charge in [0, 0.05) is 25.6 Å². The molecule has 0 fully saturated rings. The van der Waals surface area contributed by atoms with Gasteiger partial charge in [-0.3, -0.25) is 19.3 Å². The van der Waals surface area contributed by atoms with Crippen molar-refractivity contribution in [1.29, 1.82) is 0 Å². The van der Waals surface area contributed by atoms with Crippen molar-refractivity contribution in [3.8, 4) is 23.0 Å². The molecule has 4 rings (SSSR count). The molecule has 144 valence electrons. The van der Waals surface area contributed by atoms with Gasteiger partial charge in [0.2, 0.25) is 0 Å². The van der Waals surface area contributed by atoms with Gasteiger partial charge in [0.1, 0.15) is 17.1 Å². The third-order valence-corrected chi connectivity index (χ3v) is 4.37. The minimum atomic E-state index is -0.637. The molecule has 0 aliphatic rings. The van der Waals surface area contributed by atoms with E-state index in [0.29, 0.717) is 35.8 Å². The summed E-state index contributed by atoms with van der Waals surface area (Å²) < 4.78 is 3.39. The molecular weight excluding hydrogens is 362 g/mol. The first kappa shape index (κ1) is 17.8. The van der Waals surface area contributed by atoms with Crippen molar-refractivity contribution in [1.82, 2.24) is 39.7 Å². The number of pyridine rings is 1. The minimum Gasteiger partial charge on any atom is -0.396 e. The predicted molar refractivity (Wildman–Crippen MR) is 100 cm³/mol. The maximum absolute atomic E-state index is 11.7. The van der Waals surface area contributed by atoms with Gasteiger partial charge < -0.3 is 10.8 Å². The topological polar surface area (TPSA) is 153 Å². The van der Waals surface area contributed by atoms with E-state index in [1.807, 2.05) is 13.0 Å². The van der Waals surface area contributed by atoms with Gasteiger partial charge >= 0.3 is 0 Å². The second-order valence-electron chi connectivity index (χ2n) is 6.40. The van der Waals surface area contributed by atoms with Crippen molar-refractivity contribution in [2.45, 2.75) is 19.9 Å². The summed E-state index contributed by atoms with van der Waals surface area (Å²) >= 11 is 0. The number of aromatic amines is 1. The maximum atomic E-state index is 11.7. The molecule has 4 heterocycles. The Labute approximate surface area is 159 Å². The van der Waals surface area contributed by atoms with E-state index in [4.69, 9.17) is 10.8 Å². The van der Waals surface area contributed by atoms with Crippen LogP contribution in [0.1, 0.15) is 22.6 Å². The number of aliphatic hydroxyl groups excluding tert-OH is 1. The van der Waals surface area contributed by atoms with Crippen molar-refractivity contribution in [2.75, 3.05) is 6.61 Å². The largest absolute Gasteiger partial charge is 0.396 e. The van der Waals surface area contributed by atoms with E-state index in [-0.39, 0.29) is 12.3 Å². The van der Waals surface area contributed by atoms with Crippen LogP contribution in [0.15, 0.2) is 18.3 Å². The normalized spacial score (nSPS) is 11.4. The minimum absolute atomic E-state index is 0.0699. The summed E-state index contributed by atoms with van der Waals surface area (Å²) in [6.07, 6.45) is 2.23. The van der Waals surface area contributed by atoms with Gasteiger partial charge in [-0.05, 0) is 25.5 Å². The smallest absolute Gasteiger partial charge is 0.267 e. The van der Waals surface area contributed by atoms with E-state index in [2.05, 4.69) is 30.4 Å². The van der Waals surface area contributed by atoms with Crippen LogP contribution in [-0.4, -0.2) is 57.3 Å². The summed E-state index contributed by atoms with van der Waals surface area (Å²) in [7, 11) is 1.77. The Kier molecular flexibility index (Phi) is 4.35. The first-order chi connectivity index (χ1) is 13.5. The number of aryl methyl sites for hydroxylation is 3. The van der Waals surface area contributed by atoms with Gasteiger partial charge in [0.05, 0.1) is 17.4 Å². The van der Waals surface area contributed by atoms with Crippen LogP contribution in [0.25, 0.3) is 33.9 Å². The van der Waals surface area contributed by atoms with Gasteiger partial charge in [-0.2, -0.15) is 15.3 Å². The van der Waals surface area contributed by atoms with Crippen molar-refractivity contribution in [3.63, 3.8) is 0 Å². The Hall–Kier alpha value is -3.60. The van der Waals surface area contributed by atoms with Crippen LogP contribution in [0.2, 0.25) is 0 Å². The summed E-state index contributed by atoms with van der Waals surface area (Å²) in [6.45, 7) is 2.50. The molecule has 0 atom stereocenters. The lowest BCUT2D eigenvalue weighted by Gasteiger charge is -2.03. The van der Waals surface area contributed by atoms with E-state index in [0.717, 1.165) is 16.8 Å². The van der Waals surface area contributed by atoms with Crippen LogP contribution in [0, 0.1) is 6.92 Å². The molecule has 28 heavy (non-hydrogen) atoms. The fourth-order valence-corrected chi connectivity index (χ4v) is 3.05. The number of H-pyrrole nitrogens is 1. The zero-order chi connectivity index (χ0) is 19.8. The van der Waals surface area contributed by atoms with Crippen molar-refractivity contribution in [2.24, 2.45) is 12.8 Å². The Bertz CT molecular complexity index is 1170. The summed E-state index contributed by atoms with van der Waals surface area (Å²) in [5.41, 5.74) is 8.24. The number of nitrogens with one attached hydrogen (secondary N) is 1. The van der Waals surface area contributed by atoms with Crippen LogP contribution in [0.5, 0.6) is 0 Å². The number of nitrogens with zero attached hydrogens (tertiary/aromatic N) is 7. The van der Waals surface area contributed by atoms with E-state index < -0.39 is 5.91 Å². The van der Waals surface area contributed by atoms with Gasteiger partial charge in [-0.15, -0.1) is 0 Å². The third-order valence-electron chi connectivity index (χ3n) is 4.37. The predicted octanol–water partition coefficient (Wildman–Crippen LogP) is 0.407. The summed E-state index contributed by atoms with van der Waals surface area (Å²) in [4.78, 5) is 20.6. The first-order valence-corrected chi connectivity index (χ1v) is 8.69. The zero-order valence-electron chi connectivity index (χ0n) is 15.4. The number of nitrogens with two attached hydrogens (primary N) is 1. The molecule has 4 aromatic rings. The molecule has 0 bridgehead atoms. The highest BCUT2D eigenvalue weighted by molar-refractivity contribution is 5.98. The fourth-order valence-electron chi connectivity index (χ4n) is 3.05. The second-order valence-corrected chi connectivity index (χ2v) is 6.40. The highest BCUT2D eigenvalue weighted by Crippen LogP contribution is 2.27. The lowest BCUT2D eigenvalue weighted by molar-refractivity contribution is 0.0996. The number of aromatic nitrogens is 8. The number of hydrogen-bond donors (Lipinski definition) is 3. The van der Waals surface area contributed by atoms with E-state index >= 15 is 0 Å². The van der Waals surface area contributed by atoms with Crippen LogP contribution in [0.4, 0.5) is 0 Å². The Balaban J connectivity index is 1.81. The molecule has 0 aromatic carbocycles. The quantitative estimate of drug-likeness (QED) is 0.437. The highest BCUT2D eigenvalue weighted by Gasteiger charge is 2.19. The molecule has 0 saturated heterocycles. The molecule has 0 aliphatic heterocycles. The van der Waals surface area contributed by atoms with Gasteiger partial charge in [0.25, 0.3) is 5.91 Å². The maximum Gasteiger partial charge on any atom is 0.267 e. The van der Waals surface area contributed by atoms with E-state index in [1.165, 1.54) is 0 Å². The molecule has 0 unspecified atom stereocenters. The SMILES string of the molecule is Cc1cc(-c2n[nH]c(-c3nc(C(N)=O)cc4c3cnn4C)n2)n(CCCO)n1. The Morgan fingerprint density at radius 2 is 2.14 bits per heavy atom. The molecule has 0 saturated carbocycles. The highest BCUT2D eigenvalue weighted by atomic mass is 16.3. The molecule has 11 nitrogen and oxygen atoms in total. The van der Waals surface area contributed by atoms with Crippen LogP contribution in [-0.2, 0) is 13.6 Å². The number of primary amides is 1. The van der Waals surface area contributed by atoms with Crippen LogP contribution < -0.4 is 5.73 Å². The van der Waals surface area contributed by atoms with Crippen molar-refractivity contribution < 1.29 is 9.90 Å². The average Bonchev–Trinajstić information content (AvgIpc) is 3.38. The monoisotopic (exact) mass is 381 g/mol. The van der Waals surface area contributed by atoms with Crippen LogP contribution >= 0.6 is 0 Å². The summed E-state index contributed by atoms with van der Waals surface area (Å²) in [5, 5.41) is 25.6. The average molecular weight is 381 g/mol. The van der Waals surface area contributed by atoms with Crippen molar-refractivity contribution in [3.05, 3.63) is 29.7 Å². The number of hydrogen-bond acceptors (Lipinski definition) is 7. The molecule has 4 N–H and O–H groups in total. The number of rotatable bonds is 6. The molecule has 11 heteroatoms. The lowest BCUT2D eigenvalue weighted by atomic mass is 10.2. The van der Waals surface area contributed by atoms with Gasteiger partial charge in [0.15, 0.2) is 11.6 Å². The number of fused-ring (bicyclic) bond motifs is 1. The standard InChI is InChI=1S/C17H19N9O2/c1-9-6-13(26(24-9)4-3-5-27)16-21-17(23-22-16)14-10-8-19-25(2)12(10)7-11(20-14)15(18)28/h6-8,27H,3-5H2,1-2H3,(H2,18,28)(H,21,22,23). The molecular formula is C17H19N9O2.